The molecule has 3 heteroatoms. The Hall–Kier alpha value is -1.22. The first-order chi connectivity index (χ1) is 8.28. The maximum atomic E-state index is 10.3. The number of phenols is 1. The largest absolute Gasteiger partial charge is 0.504 e. The van der Waals surface area contributed by atoms with Crippen molar-refractivity contribution in [2.45, 2.75) is 51.0 Å². The van der Waals surface area contributed by atoms with Gasteiger partial charge < -0.3 is 15.6 Å². The van der Waals surface area contributed by atoms with Crippen molar-refractivity contribution in [3.05, 3.63) is 23.3 Å². The van der Waals surface area contributed by atoms with E-state index in [1.54, 1.807) is 7.11 Å². The summed E-state index contributed by atoms with van der Waals surface area (Å²) in [7, 11) is 1.58. The number of rotatable bonds is 2. The molecule has 0 amide bonds. The fourth-order valence-electron chi connectivity index (χ4n) is 2.40. The van der Waals surface area contributed by atoms with Gasteiger partial charge in [0.15, 0.2) is 11.5 Å². The Kier molecular flexibility index (Phi) is 3.06. The second kappa shape index (κ2) is 4.16. The molecule has 1 fully saturated rings. The number of phenolic OH excluding ortho intramolecular Hbond substituents is 1. The third-order valence-corrected chi connectivity index (χ3v) is 3.94. The predicted octanol–water partition coefficient (Wildman–Crippen LogP) is 3.04. The summed E-state index contributed by atoms with van der Waals surface area (Å²) in [6, 6.07) is 3.94. The SMILES string of the molecule is COc1cc(C(C)(C)C)cc(C2(N)CCC2)c1O. The van der Waals surface area contributed by atoms with E-state index < -0.39 is 0 Å². The molecule has 0 spiro atoms. The van der Waals surface area contributed by atoms with Gasteiger partial charge in [-0.2, -0.15) is 0 Å². The van der Waals surface area contributed by atoms with Crippen LogP contribution >= 0.6 is 0 Å². The van der Waals surface area contributed by atoms with Gasteiger partial charge in [-0.3, -0.25) is 0 Å². The maximum absolute atomic E-state index is 10.3. The highest BCUT2D eigenvalue weighted by Crippen LogP contribution is 2.47. The first kappa shape index (κ1) is 13.2. The summed E-state index contributed by atoms with van der Waals surface area (Å²) in [5.74, 6) is 0.724. The van der Waals surface area contributed by atoms with Crippen LogP contribution in [0.1, 0.15) is 51.2 Å². The normalized spacial score (nSPS) is 18.3. The molecule has 0 atom stereocenters. The molecule has 0 heterocycles. The fourth-order valence-corrected chi connectivity index (χ4v) is 2.40. The van der Waals surface area contributed by atoms with Crippen LogP contribution in [-0.4, -0.2) is 12.2 Å². The minimum atomic E-state index is -0.376. The topological polar surface area (TPSA) is 55.5 Å². The highest BCUT2D eigenvalue weighted by Gasteiger charge is 2.38. The van der Waals surface area contributed by atoms with Crippen molar-refractivity contribution in [2.24, 2.45) is 5.73 Å². The average molecular weight is 249 g/mol. The van der Waals surface area contributed by atoms with E-state index in [1.165, 1.54) is 0 Å². The molecule has 1 aromatic carbocycles. The Balaban J connectivity index is 2.57. The van der Waals surface area contributed by atoms with Crippen LogP contribution in [0, 0.1) is 0 Å². The Labute approximate surface area is 109 Å². The molecule has 0 bridgehead atoms. The van der Waals surface area contributed by atoms with Crippen molar-refractivity contribution >= 4 is 0 Å². The van der Waals surface area contributed by atoms with Crippen LogP contribution in [0.3, 0.4) is 0 Å². The van der Waals surface area contributed by atoms with Crippen LogP contribution in [-0.2, 0) is 11.0 Å². The average Bonchev–Trinajstić information content (AvgIpc) is 2.24. The van der Waals surface area contributed by atoms with Crippen molar-refractivity contribution in [2.75, 3.05) is 7.11 Å². The van der Waals surface area contributed by atoms with E-state index in [1.807, 2.05) is 12.1 Å². The molecule has 18 heavy (non-hydrogen) atoms. The summed E-state index contributed by atoms with van der Waals surface area (Å²) >= 11 is 0. The van der Waals surface area contributed by atoms with Crippen LogP contribution in [0.4, 0.5) is 0 Å². The number of hydrogen-bond acceptors (Lipinski definition) is 3. The number of hydrogen-bond donors (Lipinski definition) is 2. The number of aromatic hydroxyl groups is 1. The molecular weight excluding hydrogens is 226 g/mol. The fraction of sp³-hybridized carbons (Fsp3) is 0.600. The van der Waals surface area contributed by atoms with Crippen molar-refractivity contribution in [1.29, 1.82) is 0 Å². The van der Waals surface area contributed by atoms with Crippen LogP contribution in [0.5, 0.6) is 11.5 Å². The molecule has 1 aliphatic rings. The van der Waals surface area contributed by atoms with Gasteiger partial charge in [0.05, 0.1) is 7.11 Å². The number of benzene rings is 1. The molecule has 1 aliphatic carbocycles. The highest BCUT2D eigenvalue weighted by atomic mass is 16.5. The third-order valence-electron chi connectivity index (χ3n) is 3.94. The van der Waals surface area contributed by atoms with Crippen LogP contribution in [0.25, 0.3) is 0 Å². The van der Waals surface area contributed by atoms with Gasteiger partial charge in [0.2, 0.25) is 0 Å². The zero-order chi connectivity index (χ0) is 13.6. The van der Waals surface area contributed by atoms with E-state index in [2.05, 4.69) is 20.8 Å². The maximum Gasteiger partial charge on any atom is 0.162 e. The van der Waals surface area contributed by atoms with E-state index in [4.69, 9.17) is 10.5 Å². The van der Waals surface area contributed by atoms with Gasteiger partial charge in [-0.15, -0.1) is 0 Å². The van der Waals surface area contributed by atoms with Crippen molar-refractivity contribution < 1.29 is 9.84 Å². The lowest BCUT2D eigenvalue weighted by atomic mass is 9.71. The van der Waals surface area contributed by atoms with E-state index in [9.17, 15) is 5.11 Å². The molecule has 0 radical (unpaired) electrons. The van der Waals surface area contributed by atoms with Gasteiger partial charge in [0, 0.05) is 11.1 Å². The van der Waals surface area contributed by atoms with Crippen LogP contribution in [0.15, 0.2) is 12.1 Å². The number of ether oxygens (including phenoxy) is 1. The molecule has 3 nitrogen and oxygen atoms in total. The Bertz CT molecular complexity index is 456. The molecule has 1 saturated carbocycles. The van der Waals surface area contributed by atoms with Crippen LogP contribution in [0.2, 0.25) is 0 Å². The lowest BCUT2D eigenvalue weighted by Crippen LogP contribution is -2.43. The standard InChI is InChI=1S/C15H23NO2/c1-14(2,3)10-8-11(15(16)6-5-7-15)13(17)12(9-10)18-4/h8-9,17H,5-7,16H2,1-4H3. The van der Waals surface area contributed by atoms with E-state index in [-0.39, 0.29) is 16.7 Å². The van der Waals surface area contributed by atoms with Crippen molar-refractivity contribution in [3.8, 4) is 11.5 Å². The lowest BCUT2D eigenvalue weighted by Gasteiger charge is -2.40. The Morgan fingerprint density at radius 3 is 2.28 bits per heavy atom. The van der Waals surface area contributed by atoms with Crippen molar-refractivity contribution in [3.63, 3.8) is 0 Å². The Morgan fingerprint density at radius 1 is 1.28 bits per heavy atom. The predicted molar refractivity (Wildman–Crippen MR) is 73.1 cm³/mol. The summed E-state index contributed by atoms with van der Waals surface area (Å²) in [4.78, 5) is 0. The molecule has 1 aromatic rings. The minimum Gasteiger partial charge on any atom is -0.504 e. The molecule has 2 rings (SSSR count). The molecule has 0 aliphatic heterocycles. The lowest BCUT2D eigenvalue weighted by molar-refractivity contribution is 0.242. The monoisotopic (exact) mass is 249 g/mol. The third kappa shape index (κ3) is 2.07. The zero-order valence-electron chi connectivity index (χ0n) is 11.7. The van der Waals surface area contributed by atoms with Gasteiger partial charge in [-0.1, -0.05) is 20.8 Å². The molecule has 100 valence electrons. The highest BCUT2D eigenvalue weighted by molar-refractivity contribution is 5.53. The minimum absolute atomic E-state index is 0.00976. The van der Waals surface area contributed by atoms with Crippen LogP contribution < -0.4 is 10.5 Å². The van der Waals surface area contributed by atoms with Gasteiger partial charge >= 0.3 is 0 Å². The summed E-state index contributed by atoms with van der Waals surface area (Å²) in [6.07, 6.45) is 2.98. The van der Waals surface area contributed by atoms with E-state index in [0.717, 1.165) is 30.4 Å². The quantitative estimate of drug-likeness (QED) is 0.847. The molecular formula is C15H23NO2. The van der Waals surface area contributed by atoms with E-state index >= 15 is 0 Å². The van der Waals surface area contributed by atoms with Gasteiger partial charge in [0.25, 0.3) is 0 Å². The zero-order valence-corrected chi connectivity index (χ0v) is 11.7. The van der Waals surface area contributed by atoms with Gasteiger partial charge in [-0.25, -0.2) is 0 Å². The summed E-state index contributed by atoms with van der Waals surface area (Å²) in [5.41, 5.74) is 7.95. The number of methoxy groups -OCH3 is 1. The van der Waals surface area contributed by atoms with Gasteiger partial charge in [-0.05, 0) is 42.4 Å². The first-order valence-electron chi connectivity index (χ1n) is 6.49. The molecule has 0 unspecified atom stereocenters. The first-order valence-corrected chi connectivity index (χ1v) is 6.49. The molecule has 0 aromatic heterocycles. The number of nitrogens with two attached hydrogens (primary N) is 1. The van der Waals surface area contributed by atoms with E-state index in [0.29, 0.717) is 5.75 Å². The smallest absolute Gasteiger partial charge is 0.162 e. The molecule has 0 saturated heterocycles. The van der Waals surface area contributed by atoms with Crippen molar-refractivity contribution in [1.82, 2.24) is 0 Å². The van der Waals surface area contributed by atoms with Gasteiger partial charge in [0.1, 0.15) is 0 Å². The Morgan fingerprint density at radius 2 is 1.89 bits per heavy atom. The second-order valence-electron chi connectivity index (χ2n) is 6.33. The second-order valence-corrected chi connectivity index (χ2v) is 6.33. The summed E-state index contributed by atoms with van der Waals surface area (Å²) in [5, 5.41) is 10.3. The molecule has 3 N–H and O–H groups in total. The summed E-state index contributed by atoms with van der Waals surface area (Å²) in [6.45, 7) is 6.44. The summed E-state index contributed by atoms with van der Waals surface area (Å²) < 4.78 is 5.28.